The van der Waals surface area contributed by atoms with Crippen molar-refractivity contribution in [1.29, 1.82) is 0 Å². The molecular formula is C19H21BrN2O2S2. The highest BCUT2D eigenvalue weighted by atomic mass is 79.9. The molecule has 1 aromatic heterocycles. The molecule has 0 bridgehead atoms. The highest BCUT2D eigenvalue weighted by Crippen LogP contribution is 2.38. The van der Waals surface area contributed by atoms with Gasteiger partial charge in [-0.25, -0.2) is 4.79 Å². The molecule has 1 aliphatic rings. The van der Waals surface area contributed by atoms with E-state index in [2.05, 4.69) is 26.6 Å². The van der Waals surface area contributed by atoms with E-state index in [-0.39, 0.29) is 5.97 Å². The Kier molecular flexibility index (Phi) is 6.32. The molecule has 0 saturated heterocycles. The number of fused-ring (bicyclic) bond motifs is 1. The van der Waals surface area contributed by atoms with Crippen molar-refractivity contribution in [3.8, 4) is 0 Å². The molecule has 2 aromatic rings. The van der Waals surface area contributed by atoms with Crippen LogP contribution in [-0.4, -0.2) is 17.7 Å². The topological polar surface area (TPSA) is 50.4 Å². The first-order valence-electron chi connectivity index (χ1n) is 8.65. The Hall–Kier alpha value is -1.44. The summed E-state index contributed by atoms with van der Waals surface area (Å²) >= 11 is 10.6. The lowest BCUT2D eigenvalue weighted by Crippen LogP contribution is -2.20. The fourth-order valence-corrected chi connectivity index (χ4v) is 4.87. The third kappa shape index (κ3) is 4.27. The number of ether oxygens (including phenoxy) is 1. The largest absolute Gasteiger partial charge is 0.462 e. The van der Waals surface area contributed by atoms with E-state index in [1.165, 1.54) is 4.88 Å². The maximum Gasteiger partial charge on any atom is 0.341 e. The first-order valence-corrected chi connectivity index (χ1v) is 10.7. The van der Waals surface area contributed by atoms with Crippen molar-refractivity contribution in [2.45, 2.75) is 39.5 Å². The minimum Gasteiger partial charge on any atom is -0.462 e. The Bertz CT molecular complexity index is 848. The summed E-state index contributed by atoms with van der Waals surface area (Å²) < 4.78 is 6.33. The number of halogens is 1. The second kappa shape index (κ2) is 8.50. The summed E-state index contributed by atoms with van der Waals surface area (Å²) in [7, 11) is 0. The molecule has 0 amide bonds. The number of carbonyl (C=O) groups is 1. The quantitative estimate of drug-likeness (QED) is 0.461. The van der Waals surface area contributed by atoms with Crippen molar-refractivity contribution in [2.24, 2.45) is 0 Å². The van der Waals surface area contributed by atoms with Gasteiger partial charge >= 0.3 is 5.97 Å². The average molecular weight is 453 g/mol. The van der Waals surface area contributed by atoms with Gasteiger partial charge in [-0.3, -0.25) is 0 Å². The second-order valence-electron chi connectivity index (χ2n) is 6.18. The fraction of sp³-hybridized carbons (Fsp3) is 0.368. The molecule has 7 heteroatoms. The summed E-state index contributed by atoms with van der Waals surface area (Å²) in [5.74, 6) is -0.267. The van der Waals surface area contributed by atoms with Crippen LogP contribution in [0.4, 0.5) is 10.7 Å². The summed E-state index contributed by atoms with van der Waals surface area (Å²) in [6.45, 7) is 4.22. The molecule has 0 unspecified atom stereocenters. The van der Waals surface area contributed by atoms with Crippen LogP contribution in [0.2, 0.25) is 0 Å². The van der Waals surface area contributed by atoms with Gasteiger partial charge < -0.3 is 15.4 Å². The molecule has 138 valence electrons. The van der Waals surface area contributed by atoms with Crippen molar-refractivity contribution in [3.05, 3.63) is 44.2 Å². The van der Waals surface area contributed by atoms with E-state index in [9.17, 15) is 4.79 Å². The van der Waals surface area contributed by atoms with Gasteiger partial charge in [0.1, 0.15) is 5.00 Å². The van der Waals surface area contributed by atoms with Gasteiger partial charge in [0, 0.05) is 15.0 Å². The maximum atomic E-state index is 12.5. The highest BCUT2D eigenvalue weighted by molar-refractivity contribution is 9.10. The molecule has 0 fully saturated rings. The summed E-state index contributed by atoms with van der Waals surface area (Å²) in [5.41, 5.74) is 3.81. The number of anilines is 2. The van der Waals surface area contributed by atoms with Gasteiger partial charge in [0.15, 0.2) is 5.11 Å². The van der Waals surface area contributed by atoms with E-state index in [1.54, 1.807) is 11.3 Å². The number of nitrogens with one attached hydrogen (secondary N) is 2. The Balaban J connectivity index is 1.81. The molecule has 1 heterocycles. The number of carbonyl (C=O) groups excluding carboxylic acids is 1. The van der Waals surface area contributed by atoms with Crippen molar-refractivity contribution in [2.75, 3.05) is 17.2 Å². The number of hydrogen-bond donors (Lipinski definition) is 2. The molecule has 0 radical (unpaired) electrons. The van der Waals surface area contributed by atoms with Crippen LogP contribution in [0.15, 0.2) is 22.7 Å². The molecule has 4 nitrogen and oxygen atoms in total. The van der Waals surface area contributed by atoms with Crippen LogP contribution < -0.4 is 10.6 Å². The Morgan fingerprint density at radius 3 is 2.81 bits per heavy atom. The zero-order valence-electron chi connectivity index (χ0n) is 14.8. The molecule has 0 atom stereocenters. The molecule has 1 aromatic carbocycles. The van der Waals surface area contributed by atoms with Crippen LogP contribution in [0.1, 0.15) is 46.1 Å². The van der Waals surface area contributed by atoms with Gasteiger partial charge in [0.2, 0.25) is 0 Å². The van der Waals surface area contributed by atoms with Crippen LogP contribution in [-0.2, 0) is 17.6 Å². The van der Waals surface area contributed by atoms with Gasteiger partial charge in [-0.2, -0.15) is 0 Å². The Labute approximate surface area is 171 Å². The standard InChI is InChI=1S/C19H21BrN2O2S2/c1-3-24-18(23)16-13-6-4-5-7-15(13)26-17(16)22-19(25)21-12-8-9-14(20)11(2)10-12/h8-10H,3-7H2,1-2H3,(H2,21,22,25). The lowest BCUT2D eigenvalue weighted by molar-refractivity contribution is 0.0526. The predicted octanol–water partition coefficient (Wildman–Crippen LogP) is 5.68. The number of hydrogen-bond acceptors (Lipinski definition) is 4. The number of aryl methyl sites for hydroxylation is 2. The summed E-state index contributed by atoms with van der Waals surface area (Å²) in [6.07, 6.45) is 4.21. The maximum absolute atomic E-state index is 12.5. The van der Waals surface area contributed by atoms with E-state index < -0.39 is 0 Å². The lowest BCUT2D eigenvalue weighted by Gasteiger charge is -2.13. The van der Waals surface area contributed by atoms with Crippen molar-refractivity contribution in [1.82, 2.24) is 0 Å². The zero-order valence-corrected chi connectivity index (χ0v) is 18.0. The molecule has 3 rings (SSSR count). The van der Waals surface area contributed by atoms with Gasteiger partial charge in [0.25, 0.3) is 0 Å². The van der Waals surface area contributed by atoms with Crippen LogP contribution in [0.5, 0.6) is 0 Å². The number of benzene rings is 1. The molecule has 0 spiro atoms. The Morgan fingerprint density at radius 1 is 1.31 bits per heavy atom. The van der Waals surface area contributed by atoms with Crippen molar-refractivity contribution in [3.63, 3.8) is 0 Å². The Morgan fingerprint density at radius 2 is 2.08 bits per heavy atom. The molecule has 26 heavy (non-hydrogen) atoms. The average Bonchev–Trinajstić information content (AvgIpc) is 2.96. The van der Waals surface area contributed by atoms with Gasteiger partial charge in [-0.15, -0.1) is 11.3 Å². The van der Waals surface area contributed by atoms with Crippen molar-refractivity contribution >= 4 is 61.3 Å². The summed E-state index contributed by atoms with van der Waals surface area (Å²) in [4.78, 5) is 13.8. The first-order chi connectivity index (χ1) is 12.5. The van der Waals surface area contributed by atoms with Crippen LogP contribution in [0.25, 0.3) is 0 Å². The van der Waals surface area contributed by atoms with E-state index >= 15 is 0 Å². The van der Waals surface area contributed by atoms with E-state index in [1.807, 2.05) is 32.0 Å². The fourth-order valence-electron chi connectivity index (χ4n) is 3.06. The molecule has 1 aliphatic carbocycles. The lowest BCUT2D eigenvalue weighted by atomic mass is 9.95. The monoisotopic (exact) mass is 452 g/mol. The SMILES string of the molecule is CCOC(=O)c1c(NC(=S)Nc2ccc(Br)c(C)c2)sc2c1CCCC2. The number of esters is 1. The van der Waals surface area contributed by atoms with Crippen LogP contribution in [0, 0.1) is 6.92 Å². The van der Waals surface area contributed by atoms with Gasteiger partial charge in [-0.05, 0) is 81.1 Å². The number of thiocarbonyl (C=S) groups is 1. The summed E-state index contributed by atoms with van der Waals surface area (Å²) in [5, 5.41) is 7.65. The smallest absolute Gasteiger partial charge is 0.341 e. The van der Waals surface area contributed by atoms with E-state index in [4.69, 9.17) is 17.0 Å². The first kappa shape index (κ1) is 19.3. The number of thiophene rings is 1. The van der Waals surface area contributed by atoms with Gasteiger partial charge in [-0.1, -0.05) is 15.9 Å². The third-order valence-electron chi connectivity index (χ3n) is 4.29. The number of rotatable bonds is 4. The molecule has 2 N–H and O–H groups in total. The normalized spacial score (nSPS) is 13.0. The molecular weight excluding hydrogens is 432 g/mol. The minimum atomic E-state index is -0.267. The molecule has 0 saturated carbocycles. The van der Waals surface area contributed by atoms with Crippen LogP contribution in [0.3, 0.4) is 0 Å². The van der Waals surface area contributed by atoms with Crippen molar-refractivity contribution < 1.29 is 9.53 Å². The minimum absolute atomic E-state index is 0.267. The van der Waals surface area contributed by atoms with Crippen LogP contribution >= 0.6 is 39.5 Å². The zero-order chi connectivity index (χ0) is 18.7. The predicted molar refractivity (Wildman–Crippen MR) is 116 cm³/mol. The third-order valence-corrected chi connectivity index (χ3v) is 6.59. The second-order valence-corrected chi connectivity index (χ2v) is 8.55. The van der Waals surface area contributed by atoms with E-state index in [0.29, 0.717) is 17.3 Å². The highest BCUT2D eigenvalue weighted by Gasteiger charge is 2.26. The molecule has 0 aliphatic heterocycles. The van der Waals surface area contributed by atoms with E-state index in [0.717, 1.165) is 52.0 Å². The van der Waals surface area contributed by atoms with Gasteiger partial charge in [0.05, 0.1) is 12.2 Å². The summed E-state index contributed by atoms with van der Waals surface area (Å²) in [6, 6.07) is 5.95.